The molecule has 1 N–H and O–H groups in total. The molecule has 1 aromatic heterocycles. The van der Waals surface area contributed by atoms with Crippen molar-refractivity contribution in [3.63, 3.8) is 0 Å². The van der Waals surface area contributed by atoms with Crippen molar-refractivity contribution < 1.29 is 13.2 Å². The second kappa shape index (κ2) is 6.73. The average Bonchev–Trinajstić information content (AvgIpc) is 3.01. The van der Waals surface area contributed by atoms with Crippen LogP contribution in [0.5, 0.6) is 0 Å². The third-order valence-electron chi connectivity index (χ3n) is 4.18. The summed E-state index contributed by atoms with van der Waals surface area (Å²) >= 11 is 0. The number of fused-ring (bicyclic) bond motifs is 1. The lowest BCUT2D eigenvalue weighted by molar-refractivity contribution is -0.115. The molecule has 6 heteroatoms. The fourth-order valence-corrected chi connectivity index (χ4v) is 4.19. The molecule has 1 amide bonds. The average molecular weight is 344 g/mol. The molecule has 1 heterocycles. The van der Waals surface area contributed by atoms with E-state index in [1.807, 2.05) is 19.1 Å². The number of hydrogen-bond donors (Lipinski definition) is 1. The molecule has 126 valence electrons. The SMILES string of the molecule is Cc1cccc(NC(=O)CCS(=O)(=O)c2ccc3c(c2)CCC3)n1. The van der Waals surface area contributed by atoms with Crippen LogP contribution in [0.1, 0.15) is 29.7 Å². The molecule has 1 aliphatic carbocycles. The number of aromatic nitrogens is 1. The van der Waals surface area contributed by atoms with E-state index in [4.69, 9.17) is 0 Å². The Bertz CT molecular complexity index is 876. The summed E-state index contributed by atoms with van der Waals surface area (Å²) in [6.45, 7) is 1.83. The summed E-state index contributed by atoms with van der Waals surface area (Å²) in [7, 11) is -3.46. The van der Waals surface area contributed by atoms with Gasteiger partial charge in [0.15, 0.2) is 9.84 Å². The number of benzene rings is 1. The number of sulfone groups is 1. The van der Waals surface area contributed by atoms with Crippen LogP contribution in [0.15, 0.2) is 41.3 Å². The van der Waals surface area contributed by atoms with E-state index in [1.165, 1.54) is 5.56 Å². The van der Waals surface area contributed by atoms with Crippen molar-refractivity contribution in [2.24, 2.45) is 0 Å². The maximum absolute atomic E-state index is 12.4. The molecule has 2 aromatic rings. The Labute approximate surface area is 142 Å². The molecule has 0 fully saturated rings. The zero-order valence-electron chi connectivity index (χ0n) is 13.6. The Balaban J connectivity index is 1.63. The number of anilines is 1. The zero-order valence-corrected chi connectivity index (χ0v) is 14.4. The van der Waals surface area contributed by atoms with Gasteiger partial charge in [0, 0.05) is 12.1 Å². The fraction of sp³-hybridized carbons (Fsp3) is 0.333. The number of aryl methyl sites for hydroxylation is 3. The highest BCUT2D eigenvalue weighted by Crippen LogP contribution is 2.25. The highest BCUT2D eigenvalue weighted by Gasteiger charge is 2.20. The number of amides is 1. The largest absolute Gasteiger partial charge is 0.311 e. The second-order valence-electron chi connectivity index (χ2n) is 6.07. The van der Waals surface area contributed by atoms with Gasteiger partial charge in [-0.25, -0.2) is 13.4 Å². The molecular formula is C18H20N2O3S. The summed E-state index contributed by atoms with van der Waals surface area (Å²) in [4.78, 5) is 16.5. The zero-order chi connectivity index (χ0) is 17.2. The maximum Gasteiger partial charge on any atom is 0.226 e. The molecule has 0 saturated heterocycles. The van der Waals surface area contributed by atoms with Gasteiger partial charge in [-0.15, -0.1) is 0 Å². The molecule has 0 radical (unpaired) electrons. The van der Waals surface area contributed by atoms with Gasteiger partial charge in [-0.3, -0.25) is 4.79 Å². The molecular weight excluding hydrogens is 324 g/mol. The summed E-state index contributed by atoms with van der Waals surface area (Å²) in [6, 6.07) is 10.6. The van der Waals surface area contributed by atoms with Crippen molar-refractivity contribution in [2.45, 2.75) is 37.5 Å². The molecule has 1 aromatic carbocycles. The lowest BCUT2D eigenvalue weighted by Gasteiger charge is -2.08. The molecule has 0 bridgehead atoms. The topological polar surface area (TPSA) is 76.1 Å². The van der Waals surface area contributed by atoms with Crippen molar-refractivity contribution in [1.82, 2.24) is 4.98 Å². The van der Waals surface area contributed by atoms with Crippen molar-refractivity contribution in [3.8, 4) is 0 Å². The van der Waals surface area contributed by atoms with Crippen LogP contribution in [0, 0.1) is 6.92 Å². The highest BCUT2D eigenvalue weighted by atomic mass is 32.2. The number of pyridine rings is 1. The fourth-order valence-electron chi connectivity index (χ4n) is 2.90. The summed E-state index contributed by atoms with van der Waals surface area (Å²) in [6.07, 6.45) is 2.93. The number of rotatable bonds is 5. The van der Waals surface area contributed by atoms with Gasteiger partial charge >= 0.3 is 0 Å². The summed E-state index contributed by atoms with van der Waals surface area (Å²) in [5.74, 6) is -0.114. The van der Waals surface area contributed by atoms with E-state index < -0.39 is 9.84 Å². The monoisotopic (exact) mass is 344 g/mol. The van der Waals surface area contributed by atoms with E-state index in [0.29, 0.717) is 10.7 Å². The number of carbonyl (C=O) groups excluding carboxylic acids is 1. The number of nitrogens with zero attached hydrogens (tertiary/aromatic N) is 1. The minimum absolute atomic E-state index is 0.0883. The van der Waals surface area contributed by atoms with Gasteiger partial charge in [0.25, 0.3) is 0 Å². The first kappa shape index (κ1) is 16.6. The van der Waals surface area contributed by atoms with Crippen molar-refractivity contribution >= 4 is 21.6 Å². The summed E-state index contributed by atoms with van der Waals surface area (Å²) < 4.78 is 24.9. The van der Waals surface area contributed by atoms with Crippen LogP contribution in [0.4, 0.5) is 5.82 Å². The Morgan fingerprint density at radius 1 is 1.17 bits per heavy atom. The molecule has 3 rings (SSSR count). The van der Waals surface area contributed by atoms with E-state index in [2.05, 4.69) is 10.3 Å². The van der Waals surface area contributed by atoms with Crippen LogP contribution in [0.25, 0.3) is 0 Å². The van der Waals surface area contributed by atoms with E-state index in [0.717, 1.165) is 30.5 Å². The number of hydrogen-bond acceptors (Lipinski definition) is 4. The van der Waals surface area contributed by atoms with Crippen LogP contribution in [0.2, 0.25) is 0 Å². The van der Waals surface area contributed by atoms with Gasteiger partial charge in [0.2, 0.25) is 5.91 Å². The first-order valence-electron chi connectivity index (χ1n) is 8.02. The van der Waals surface area contributed by atoms with Crippen LogP contribution >= 0.6 is 0 Å². The molecule has 24 heavy (non-hydrogen) atoms. The summed E-state index contributed by atoms with van der Waals surface area (Å²) in [5, 5.41) is 2.63. The van der Waals surface area contributed by atoms with Gasteiger partial charge < -0.3 is 5.32 Å². The van der Waals surface area contributed by atoms with Crippen molar-refractivity contribution in [2.75, 3.05) is 11.1 Å². The molecule has 1 aliphatic rings. The first-order valence-corrected chi connectivity index (χ1v) is 9.67. The number of carbonyl (C=O) groups is 1. The Kier molecular flexibility index (Phi) is 4.66. The van der Waals surface area contributed by atoms with E-state index in [1.54, 1.807) is 24.3 Å². The standard InChI is InChI=1S/C18H20N2O3S/c1-13-4-2-7-17(19-13)20-18(21)10-11-24(22,23)16-9-8-14-5-3-6-15(14)12-16/h2,4,7-9,12H,3,5-6,10-11H2,1H3,(H,19,20,21). The van der Waals surface area contributed by atoms with E-state index in [9.17, 15) is 13.2 Å². The number of nitrogens with one attached hydrogen (secondary N) is 1. The lowest BCUT2D eigenvalue weighted by Crippen LogP contribution is -2.18. The van der Waals surface area contributed by atoms with E-state index in [-0.39, 0.29) is 18.1 Å². The second-order valence-corrected chi connectivity index (χ2v) is 8.17. The molecule has 0 atom stereocenters. The van der Waals surface area contributed by atoms with Crippen LogP contribution in [-0.2, 0) is 27.5 Å². The predicted molar refractivity (Wildman–Crippen MR) is 92.7 cm³/mol. The normalized spacial score (nSPS) is 13.5. The van der Waals surface area contributed by atoms with Crippen LogP contribution in [-0.4, -0.2) is 25.1 Å². The molecule has 5 nitrogen and oxygen atoms in total. The first-order chi connectivity index (χ1) is 11.4. The quantitative estimate of drug-likeness (QED) is 0.905. The third kappa shape index (κ3) is 3.82. The van der Waals surface area contributed by atoms with Crippen LogP contribution in [0.3, 0.4) is 0 Å². The van der Waals surface area contributed by atoms with Gasteiger partial charge in [-0.05, 0) is 61.6 Å². The lowest BCUT2D eigenvalue weighted by atomic mass is 10.1. The van der Waals surface area contributed by atoms with Gasteiger partial charge in [0.05, 0.1) is 10.6 Å². The Morgan fingerprint density at radius 3 is 2.75 bits per heavy atom. The van der Waals surface area contributed by atoms with Gasteiger partial charge in [-0.1, -0.05) is 12.1 Å². The minimum atomic E-state index is -3.46. The molecule has 0 aliphatic heterocycles. The van der Waals surface area contributed by atoms with Crippen molar-refractivity contribution in [3.05, 3.63) is 53.2 Å². The molecule has 0 saturated carbocycles. The van der Waals surface area contributed by atoms with E-state index >= 15 is 0 Å². The Hall–Kier alpha value is -2.21. The minimum Gasteiger partial charge on any atom is -0.311 e. The third-order valence-corrected chi connectivity index (χ3v) is 5.90. The molecule has 0 unspecified atom stereocenters. The summed E-state index contributed by atoms with van der Waals surface area (Å²) in [5.41, 5.74) is 3.14. The maximum atomic E-state index is 12.4. The van der Waals surface area contributed by atoms with Crippen molar-refractivity contribution in [1.29, 1.82) is 0 Å². The smallest absolute Gasteiger partial charge is 0.226 e. The molecule has 0 spiro atoms. The highest BCUT2D eigenvalue weighted by molar-refractivity contribution is 7.91. The Morgan fingerprint density at radius 2 is 1.96 bits per heavy atom. The van der Waals surface area contributed by atoms with Crippen LogP contribution < -0.4 is 5.32 Å². The predicted octanol–water partition coefficient (Wildman–Crippen LogP) is 2.68. The van der Waals surface area contributed by atoms with Gasteiger partial charge in [-0.2, -0.15) is 0 Å². The van der Waals surface area contributed by atoms with Gasteiger partial charge in [0.1, 0.15) is 5.82 Å².